The molecule has 1 amide bonds. The Labute approximate surface area is 112 Å². The molecule has 0 radical (unpaired) electrons. The molecule has 5 heteroatoms. The summed E-state index contributed by atoms with van der Waals surface area (Å²) in [7, 11) is 1.53. The van der Waals surface area contributed by atoms with Crippen molar-refractivity contribution >= 4 is 5.91 Å². The van der Waals surface area contributed by atoms with Gasteiger partial charge in [-0.2, -0.15) is 5.10 Å². The largest absolute Gasteiger partial charge is 0.367 e. The minimum absolute atomic E-state index is 0.0947. The van der Waals surface area contributed by atoms with Crippen LogP contribution in [0.3, 0.4) is 0 Å². The van der Waals surface area contributed by atoms with Gasteiger partial charge in [-0.1, -0.05) is 30.3 Å². The number of H-pyrrole nitrogens is 1. The Morgan fingerprint density at radius 2 is 2.26 bits per heavy atom. The number of carbonyl (C=O) groups excluding carboxylic acids is 1. The van der Waals surface area contributed by atoms with Gasteiger partial charge in [0.25, 0.3) is 5.91 Å². The van der Waals surface area contributed by atoms with E-state index in [1.807, 2.05) is 30.3 Å². The molecular weight excluding hydrogens is 242 g/mol. The standard InChI is InChI=1S/C14H15N3O2/c1-19-13(10-5-3-2-4-6-10)14(18)17-8-11-7-15-16-12(11)9-17/h2-7,13H,8-9H2,1H3,(H,15,16)/t13-/m1/s1/i7D. The predicted octanol–water partition coefficient (Wildman–Crippen LogP) is 1.64. The van der Waals surface area contributed by atoms with Gasteiger partial charge in [0.2, 0.25) is 0 Å². The van der Waals surface area contributed by atoms with Gasteiger partial charge in [-0.3, -0.25) is 9.89 Å². The van der Waals surface area contributed by atoms with Crippen LogP contribution in [0.5, 0.6) is 0 Å². The van der Waals surface area contributed by atoms with Gasteiger partial charge in [0.1, 0.15) is 0 Å². The number of aromatic nitrogens is 2. The van der Waals surface area contributed by atoms with E-state index in [2.05, 4.69) is 10.2 Å². The number of nitrogens with one attached hydrogen (secondary N) is 1. The summed E-state index contributed by atoms with van der Waals surface area (Å²) in [6.07, 6.45) is -0.397. The molecule has 2 heterocycles. The number of methoxy groups -OCH3 is 1. The second kappa shape index (κ2) is 4.85. The number of benzene rings is 1. The third kappa shape index (κ3) is 2.13. The zero-order valence-corrected chi connectivity index (χ0v) is 10.6. The van der Waals surface area contributed by atoms with Crippen LogP contribution in [0.15, 0.2) is 36.5 Å². The summed E-state index contributed by atoms with van der Waals surface area (Å²) in [5, 5.41) is 6.62. The van der Waals surface area contributed by atoms with Crippen molar-refractivity contribution in [1.82, 2.24) is 15.1 Å². The Hall–Kier alpha value is -2.14. The Kier molecular flexibility index (Phi) is 2.75. The number of ether oxygens (including phenoxy) is 1. The van der Waals surface area contributed by atoms with Crippen molar-refractivity contribution in [1.29, 1.82) is 0 Å². The van der Waals surface area contributed by atoms with E-state index in [1.54, 1.807) is 4.90 Å². The van der Waals surface area contributed by atoms with Crippen LogP contribution < -0.4 is 0 Å². The van der Waals surface area contributed by atoms with Crippen molar-refractivity contribution in [2.45, 2.75) is 19.2 Å². The number of carbonyl (C=O) groups is 1. The van der Waals surface area contributed by atoms with Gasteiger partial charge in [-0.25, -0.2) is 0 Å². The highest BCUT2D eigenvalue weighted by atomic mass is 16.5. The SMILES string of the molecule is [2H]c1n[nH]c2c1CN(C(=O)[C@H](OC)c1ccccc1)C2. The normalized spacial score (nSPS) is 16.1. The molecule has 0 bridgehead atoms. The molecule has 1 N–H and O–H groups in total. The molecule has 0 spiro atoms. The maximum atomic E-state index is 12.6. The van der Waals surface area contributed by atoms with Gasteiger partial charge in [0.15, 0.2) is 6.10 Å². The summed E-state index contributed by atoms with van der Waals surface area (Å²) >= 11 is 0. The summed E-state index contributed by atoms with van der Waals surface area (Å²) in [5.41, 5.74) is 2.47. The summed E-state index contributed by atoms with van der Waals surface area (Å²) in [6.45, 7) is 0.864. The molecule has 0 saturated heterocycles. The quantitative estimate of drug-likeness (QED) is 0.910. The molecule has 1 aromatic heterocycles. The average Bonchev–Trinajstić information content (AvgIpc) is 3.03. The fraction of sp³-hybridized carbons (Fsp3) is 0.286. The van der Waals surface area contributed by atoms with E-state index in [1.165, 1.54) is 7.11 Å². The van der Waals surface area contributed by atoms with Crippen molar-refractivity contribution in [2.24, 2.45) is 0 Å². The number of fused-ring (bicyclic) bond motifs is 1. The Morgan fingerprint density at radius 1 is 1.47 bits per heavy atom. The molecule has 0 aliphatic carbocycles. The van der Waals surface area contributed by atoms with Crippen LogP contribution in [0.1, 0.15) is 24.3 Å². The van der Waals surface area contributed by atoms with Crippen LogP contribution >= 0.6 is 0 Å². The van der Waals surface area contributed by atoms with Crippen LogP contribution in [0.4, 0.5) is 0 Å². The van der Waals surface area contributed by atoms with E-state index in [4.69, 9.17) is 6.11 Å². The summed E-state index contributed by atoms with van der Waals surface area (Å²) in [6, 6.07) is 9.41. The van der Waals surface area contributed by atoms with E-state index in [0.29, 0.717) is 13.1 Å². The molecule has 3 rings (SSSR count). The van der Waals surface area contributed by atoms with Crippen LogP contribution in [0, 0.1) is 0 Å². The van der Waals surface area contributed by atoms with E-state index in [-0.39, 0.29) is 12.1 Å². The van der Waals surface area contributed by atoms with Crippen LogP contribution in [0.25, 0.3) is 0 Å². The Morgan fingerprint density at radius 3 is 2.95 bits per heavy atom. The molecule has 1 atom stereocenters. The molecule has 0 saturated carbocycles. The minimum atomic E-state index is -0.609. The number of rotatable bonds is 3. The van der Waals surface area contributed by atoms with Crippen molar-refractivity contribution in [3.8, 4) is 0 Å². The molecule has 19 heavy (non-hydrogen) atoms. The van der Waals surface area contributed by atoms with Gasteiger partial charge in [0, 0.05) is 19.2 Å². The lowest BCUT2D eigenvalue weighted by Crippen LogP contribution is -2.31. The van der Waals surface area contributed by atoms with E-state index >= 15 is 0 Å². The molecule has 5 nitrogen and oxygen atoms in total. The second-order valence-corrected chi connectivity index (χ2v) is 4.51. The van der Waals surface area contributed by atoms with Gasteiger partial charge < -0.3 is 9.64 Å². The van der Waals surface area contributed by atoms with Crippen molar-refractivity contribution < 1.29 is 10.9 Å². The molecule has 0 fully saturated rings. The summed E-state index contributed by atoms with van der Waals surface area (Å²) in [5.74, 6) is -0.0947. The monoisotopic (exact) mass is 258 g/mol. The molecule has 1 aromatic carbocycles. The van der Waals surface area contributed by atoms with Gasteiger partial charge in [0.05, 0.1) is 19.8 Å². The average molecular weight is 258 g/mol. The summed E-state index contributed by atoms with van der Waals surface area (Å²) < 4.78 is 13.0. The highest BCUT2D eigenvalue weighted by Gasteiger charge is 2.30. The minimum Gasteiger partial charge on any atom is -0.367 e. The van der Waals surface area contributed by atoms with Gasteiger partial charge in [-0.15, -0.1) is 0 Å². The smallest absolute Gasteiger partial charge is 0.256 e. The molecule has 1 aliphatic rings. The van der Waals surface area contributed by atoms with Crippen molar-refractivity contribution in [3.05, 3.63) is 53.3 Å². The van der Waals surface area contributed by atoms with Crippen molar-refractivity contribution in [3.63, 3.8) is 0 Å². The van der Waals surface area contributed by atoms with E-state index < -0.39 is 6.10 Å². The van der Waals surface area contributed by atoms with Gasteiger partial charge >= 0.3 is 0 Å². The molecule has 0 unspecified atom stereocenters. The Balaban J connectivity index is 1.80. The zero-order valence-electron chi connectivity index (χ0n) is 11.6. The number of hydrogen-bond acceptors (Lipinski definition) is 3. The first-order valence-corrected chi connectivity index (χ1v) is 6.10. The lowest BCUT2D eigenvalue weighted by Gasteiger charge is -2.22. The third-order valence-electron chi connectivity index (χ3n) is 3.32. The van der Waals surface area contributed by atoms with E-state index in [9.17, 15) is 4.79 Å². The first-order chi connectivity index (χ1) is 9.70. The number of aromatic amines is 1. The summed E-state index contributed by atoms with van der Waals surface area (Å²) in [4.78, 5) is 14.2. The predicted molar refractivity (Wildman–Crippen MR) is 69.0 cm³/mol. The molecule has 98 valence electrons. The second-order valence-electron chi connectivity index (χ2n) is 4.51. The first-order valence-electron chi connectivity index (χ1n) is 6.60. The maximum Gasteiger partial charge on any atom is 0.256 e. The number of amides is 1. The van der Waals surface area contributed by atoms with E-state index in [0.717, 1.165) is 16.8 Å². The molecule has 2 aromatic rings. The lowest BCUT2D eigenvalue weighted by molar-refractivity contribution is -0.143. The fourth-order valence-corrected chi connectivity index (χ4v) is 2.33. The zero-order chi connectivity index (χ0) is 14.1. The maximum absolute atomic E-state index is 12.6. The first kappa shape index (κ1) is 10.8. The number of hydrogen-bond donors (Lipinski definition) is 1. The van der Waals surface area contributed by atoms with Crippen LogP contribution in [-0.4, -0.2) is 28.1 Å². The van der Waals surface area contributed by atoms with Crippen LogP contribution in [0.2, 0.25) is 0 Å². The van der Waals surface area contributed by atoms with Gasteiger partial charge in [-0.05, 0) is 5.56 Å². The highest BCUT2D eigenvalue weighted by molar-refractivity contribution is 5.82. The topological polar surface area (TPSA) is 58.2 Å². The molecular formula is C14H15N3O2. The highest BCUT2D eigenvalue weighted by Crippen LogP contribution is 2.26. The lowest BCUT2D eigenvalue weighted by atomic mass is 10.1. The third-order valence-corrected chi connectivity index (χ3v) is 3.32. The molecule has 1 aliphatic heterocycles. The Bertz CT molecular complexity index is 627. The van der Waals surface area contributed by atoms with Crippen LogP contribution in [-0.2, 0) is 22.6 Å². The number of nitrogens with zero attached hydrogens (tertiary/aromatic N) is 2. The fourth-order valence-electron chi connectivity index (χ4n) is 2.33. The van der Waals surface area contributed by atoms with Crippen molar-refractivity contribution in [2.75, 3.05) is 7.11 Å².